The van der Waals surface area contributed by atoms with E-state index in [1.54, 1.807) is 0 Å². The Morgan fingerprint density at radius 2 is 1.91 bits per heavy atom. The lowest BCUT2D eigenvalue weighted by atomic mass is 10.0. The van der Waals surface area contributed by atoms with Crippen molar-refractivity contribution in [3.05, 3.63) is 0 Å². The molecule has 1 atom stereocenters. The summed E-state index contributed by atoms with van der Waals surface area (Å²) in [6, 6.07) is 0.486. The Hall–Kier alpha value is -0.770. The molecule has 134 valence electrons. The second-order valence-electron chi connectivity index (χ2n) is 7.55. The maximum absolute atomic E-state index is 4.91. The molecule has 0 amide bonds. The highest BCUT2D eigenvalue weighted by Gasteiger charge is 2.53. The summed E-state index contributed by atoms with van der Waals surface area (Å²) < 4.78 is 0. The first-order valence-electron chi connectivity index (χ1n) is 9.90. The van der Waals surface area contributed by atoms with E-state index in [1.807, 2.05) is 0 Å². The lowest BCUT2D eigenvalue weighted by molar-refractivity contribution is 0.292. The van der Waals surface area contributed by atoms with Crippen molar-refractivity contribution in [2.24, 2.45) is 16.3 Å². The van der Waals surface area contributed by atoms with Gasteiger partial charge < -0.3 is 15.5 Å². The Kier molecular flexibility index (Phi) is 7.19. The Morgan fingerprint density at radius 3 is 2.43 bits per heavy atom. The summed E-state index contributed by atoms with van der Waals surface area (Å²) in [6.07, 6.45) is 8.15. The highest BCUT2D eigenvalue weighted by Crippen LogP contribution is 2.61. The van der Waals surface area contributed by atoms with Gasteiger partial charge in [0, 0.05) is 19.1 Å². The Bertz CT molecular complexity index is 368. The van der Waals surface area contributed by atoms with E-state index < -0.39 is 0 Å². The van der Waals surface area contributed by atoms with Gasteiger partial charge in [-0.15, -0.1) is 0 Å². The predicted octanol–water partition coefficient (Wildman–Crippen LogP) is 3.24. The highest BCUT2D eigenvalue weighted by molar-refractivity contribution is 5.80. The molecule has 0 aromatic heterocycles. The molecule has 0 aromatic rings. The monoisotopic (exact) mass is 322 g/mol. The fraction of sp³-hybridized carbons (Fsp3) is 0.947. The first-order chi connectivity index (χ1) is 11.1. The SMILES string of the molecule is CCNC(=NCC1(C2CC2)CC1)NC(C)CCCN(CC)CC. The molecule has 0 bridgehead atoms. The van der Waals surface area contributed by atoms with Crippen molar-refractivity contribution in [1.29, 1.82) is 0 Å². The molecule has 4 nitrogen and oxygen atoms in total. The Labute approximate surface area is 143 Å². The van der Waals surface area contributed by atoms with Gasteiger partial charge in [-0.3, -0.25) is 4.99 Å². The third-order valence-corrected chi connectivity index (χ3v) is 5.62. The van der Waals surface area contributed by atoms with Gasteiger partial charge in [-0.25, -0.2) is 0 Å². The summed E-state index contributed by atoms with van der Waals surface area (Å²) >= 11 is 0. The normalized spacial score (nSPS) is 21.3. The highest BCUT2D eigenvalue weighted by atomic mass is 15.2. The van der Waals surface area contributed by atoms with Crippen molar-refractivity contribution in [2.45, 2.75) is 72.3 Å². The standard InChI is InChI=1S/C19H38N4/c1-5-20-18(21-15-19(12-13-19)17-10-11-17)22-16(4)9-8-14-23(6-2)7-3/h16-17H,5-15H2,1-4H3,(H2,20,21,22). The minimum Gasteiger partial charge on any atom is -0.357 e. The van der Waals surface area contributed by atoms with Crippen LogP contribution in [0.1, 0.15) is 66.2 Å². The van der Waals surface area contributed by atoms with Crippen molar-refractivity contribution < 1.29 is 0 Å². The van der Waals surface area contributed by atoms with E-state index in [1.165, 1.54) is 45.1 Å². The van der Waals surface area contributed by atoms with Crippen LogP contribution < -0.4 is 10.6 Å². The molecule has 2 saturated carbocycles. The fourth-order valence-electron chi connectivity index (χ4n) is 3.57. The van der Waals surface area contributed by atoms with Crippen LogP contribution in [0.5, 0.6) is 0 Å². The molecule has 0 aromatic carbocycles. The number of hydrogen-bond donors (Lipinski definition) is 2. The van der Waals surface area contributed by atoms with Crippen LogP contribution in [0.3, 0.4) is 0 Å². The number of guanidine groups is 1. The van der Waals surface area contributed by atoms with Gasteiger partial charge in [-0.1, -0.05) is 13.8 Å². The van der Waals surface area contributed by atoms with Gasteiger partial charge in [-0.05, 0) is 83.3 Å². The van der Waals surface area contributed by atoms with Gasteiger partial charge in [-0.2, -0.15) is 0 Å². The number of nitrogens with zero attached hydrogens (tertiary/aromatic N) is 2. The van der Waals surface area contributed by atoms with E-state index in [-0.39, 0.29) is 0 Å². The molecule has 2 aliphatic carbocycles. The zero-order valence-electron chi connectivity index (χ0n) is 15.8. The quantitative estimate of drug-likeness (QED) is 0.453. The first kappa shape index (κ1) is 18.6. The van der Waals surface area contributed by atoms with Gasteiger partial charge in [0.05, 0.1) is 0 Å². The molecule has 2 aliphatic rings. The van der Waals surface area contributed by atoms with Crippen LogP contribution in [0.4, 0.5) is 0 Å². The number of nitrogens with one attached hydrogen (secondary N) is 2. The fourth-order valence-corrected chi connectivity index (χ4v) is 3.57. The molecule has 23 heavy (non-hydrogen) atoms. The van der Waals surface area contributed by atoms with Gasteiger partial charge in [0.2, 0.25) is 0 Å². The van der Waals surface area contributed by atoms with Crippen LogP contribution in [-0.4, -0.2) is 49.6 Å². The molecule has 0 spiro atoms. The van der Waals surface area contributed by atoms with E-state index in [9.17, 15) is 0 Å². The zero-order valence-corrected chi connectivity index (χ0v) is 15.8. The number of hydrogen-bond acceptors (Lipinski definition) is 2. The average Bonchev–Trinajstić information content (AvgIpc) is 3.42. The summed E-state index contributed by atoms with van der Waals surface area (Å²) in [5.41, 5.74) is 0.592. The van der Waals surface area contributed by atoms with Crippen molar-refractivity contribution >= 4 is 5.96 Å². The lowest BCUT2D eigenvalue weighted by Gasteiger charge is -2.21. The average molecular weight is 323 g/mol. The predicted molar refractivity (Wildman–Crippen MR) is 100.0 cm³/mol. The van der Waals surface area contributed by atoms with E-state index >= 15 is 0 Å². The maximum Gasteiger partial charge on any atom is 0.191 e. The molecule has 0 aliphatic heterocycles. The van der Waals surface area contributed by atoms with Crippen molar-refractivity contribution in [2.75, 3.05) is 32.7 Å². The molecule has 0 heterocycles. The van der Waals surface area contributed by atoms with Crippen molar-refractivity contribution in [3.8, 4) is 0 Å². The van der Waals surface area contributed by atoms with E-state index in [2.05, 4.69) is 43.2 Å². The second-order valence-corrected chi connectivity index (χ2v) is 7.55. The van der Waals surface area contributed by atoms with Crippen molar-refractivity contribution in [3.63, 3.8) is 0 Å². The van der Waals surface area contributed by atoms with E-state index in [4.69, 9.17) is 4.99 Å². The number of aliphatic imine (C=N–C) groups is 1. The third kappa shape index (κ3) is 5.98. The van der Waals surface area contributed by atoms with Gasteiger partial charge in [0.25, 0.3) is 0 Å². The van der Waals surface area contributed by atoms with Crippen LogP contribution in [0.15, 0.2) is 4.99 Å². The summed E-state index contributed by atoms with van der Waals surface area (Å²) in [5, 5.41) is 7.03. The maximum atomic E-state index is 4.91. The molecule has 2 rings (SSSR count). The molecule has 2 fully saturated rings. The van der Waals surface area contributed by atoms with Crippen LogP contribution in [0.2, 0.25) is 0 Å². The molecule has 1 unspecified atom stereocenters. The second kappa shape index (κ2) is 8.91. The minimum absolute atomic E-state index is 0.486. The van der Waals surface area contributed by atoms with Crippen molar-refractivity contribution in [1.82, 2.24) is 15.5 Å². The molecule has 2 N–H and O–H groups in total. The first-order valence-corrected chi connectivity index (χ1v) is 9.90. The van der Waals surface area contributed by atoms with Gasteiger partial charge >= 0.3 is 0 Å². The molecule has 4 heteroatoms. The van der Waals surface area contributed by atoms with E-state index in [0.717, 1.165) is 38.1 Å². The summed E-state index contributed by atoms with van der Waals surface area (Å²) in [7, 11) is 0. The van der Waals surface area contributed by atoms with Crippen LogP contribution in [-0.2, 0) is 0 Å². The van der Waals surface area contributed by atoms with Gasteiger partial charge in [0.15, 0.2) is 5.96 Å². The van der Waals surface area contributed by atoms with Crippen LogP contribution in [0, 0.1) is 11.3 Å². The molecular formula is C19H38N4. The summed E-state index contributed by atoms with van der Waals surface area (Å²) in [6.45, 7) is 14.4. The molecule has 0 saturated heterocycles. The third-order valence-electron chi connectivity index (χ3n) is 5.62. The Balaban J connectivity index is 1.72. The summed E-state index contributed by atoms with van der Waals surface area (Å²) in [4.78, 5) is 7.41. The minimum atomic E-state index is 0.486. The van der Waals surface area contributed by atoms with E-state index in [0.29, 0.717) is 11.5 Å². The molecular weight excluding hydrogens is 284 g/mol. The number of rotatable bonds is 11. The molecule has 0 radical (unpaired) electrons. The zero-order chi connectivity index (χ0) is 16.7. The van der Waals surface area contributed by atoms with Gasteiger partial charge in [0.1, 0.15) is 0 Å². The van der Waals surface area contributed by atoms with Crippen LogP contribution in [0.25, 0.3) is 0 Å². The lowest BCUT2D eigenvalue weighted by Crippen LogP contribution is -2.43. The topological polar surface area (TPSA) is 39.7 Å². The summed E-state index contributed by atoms with van der Waals surface area (Å²) in [5.74, 6) is 2.01. The van der Waals surface area contributed by atoms with Crippen LogP contribution >= 0.6 is 0 Å². The Morgan fingerprint density at radius 1 is 1.22 bits per heavy atom. The largest absolute Gasteiger partial charge is 0.357 e. The smallest absolute Gasteiger partial charge is 0.191 e.